The van der Waals surface area contributed by atoms with E-state index < -0.39 is 46.1 Å². The summed E-state index contributed by atoms with van der Waals surface area (Å²) in [5, 5.41) is 24.2. The number of nitrogens with zero attached hydrogens (tertiary/aromatic N) is 2. The number of carbonyl (C=O) groups excluding carboxylic acids is 2. The number of carbonyl (C=O) groups is 3. The van der Waals surface area contributed by atoms with E-state index in [4.69, 9.17) is 9.47 Å². The summed E-state index contributed by atoms with van der Waals surface area (Å²) in [5.74, 6) is -4.05. The second-order valence-electron chi connectivity index (χ2n) is 8.44. The molecule has 4 unspecified atom stereocenters. The van der Waals surface area contributed by atoms with Gasteiger partial charge in [0, 0.05) is 29.3 Å². The molecule has 0 radical (unpaired) electrons. The van der Waals surface area contributed by atoms with Crippen molar-refractivity contribution in [3.63, 3.8) is 0 Å². The van der Waals surface area contributed by atoms with E-state index in [1.54, 1.807) is 19.1 Å². The average Bonchev–Trinajstić information content (AvgIpc) is 3.27. The summed E-state index contributed by atoms with van der Waals surface area (Å²) in [5.41, 5.74) is -0.891. The van der Waals surface area contributed by atoms with E-state index in [-0.39, 0.29) is 11.4 Å². The molecule has 2 aromatic carbocycles. The summed E-state index contributed by atoms with van der Waals surface area (Å²) in [7, 11) is 2.95. The Morgan fingerprint density at radius 2 is 1.88 bits per heavy atom. The lowest BCUT2D eigenvalue weighted by Gasteiger charge is -2.28. The van der Waals surface area contributed by atoms with Crippen molar-refractivity contribution in [2.45, 2.75) is 25.4 Å². The molecule has 2 N–H and O–H groups in total. The first-order valence-electron chi connectivity index (χ1n) is 10.4. The lowest BCUT2D eigenvalue weighted by atomic mass is 9.80. The number of ether oxygens (including phenoxy) is 2. The van der Waals surface area contributed by atoms with Crippen LogP contribution in [0.1, 0.15) is 24.1 Å². The van der Waals surface area contributed by atoms with Crippen molar-refractivity contribution in [1.29, 1.82) is 0 Å². The van der Waals surface area contributed by atoms with Crippen LogP contribution in [0.15, 0.2) is 36.4 Å². The predicted octanol–water partition coefficient (Wildman–Crippen LogP) is 2.21. The molecule has 2 aliphatic rings. The molecule has 0 aromatic heterocycles. The minimum atomic E-state index is -1.77. The number of nitro benzene ring substituents is 1. The molecule has 0 spiro atoms. The van der Waals surface area contributed by atoms with Crippen LogP contribution in [-0.2, 0) is 14.4 Å². The van der Waals surface area contributed by atoms with Gasteiger partial charge in [0.05, 0.1) is 36.7 Å². The Labute approximate surface area is 194 Å². The summed E-state index contributed by atoms with van der Waals surface area (Å²) in [6, 6.07) is 7.61. The molecular weight excluding hydrogens is 446 g/mol. The van der Waals surface area contributed by atoms with Crippen molar-refractivity contribution in [1.82, 2.24) is 5.32 Å². The largest absolute Gasteiger partial charge is 0.496 e. The quantitative estimate of drug-likeness (QED) is 0.369. The average molecular weight is 469 g/mol. The zero-order valence-corrected chi connectivity index (χ0v) is 18.9. The van der Waals surface area contributed by atoms with Crippen molar-refractivity contribution < 1.29 is 33.9 Å². The Hall–Kier alpha value is -3.99. The van der Waals surface area contributed by atoms with E-state index in [1.165, 1.54) is 39.3 Å². The third-order valence-electron chi connectivity index (χ3n) is 6.68. The molecular formula is C23H23N3O8. The van der Waals surface area contributed by atoms with Crippen LogP contribution in [0, 0.1) is 28.9 Å². The van der Waals surface area contributed by atoms with Crippen molar-refractivity contribution in [2.75, 3.05) is 19.1 Å². The highest BCUT2D eigenvalue weighted by Gasteiger charge is 2.67. The summed E-state index contributed by atoms with van der Waals surface area (Å²) in [4.78, 5) is 50.8. The maximum Gasteiger partial charge on any atom is 0.324 e. The van der Waals surface area contributed by atoms with Crippen LogP contribution >= 0.6 is 0 Å². The lowest BCUT2D eigenvalue weighted by Crippen LogP contribution is -2.53. The molecule has 2 aromatic rings. The van der Waals surface area contributed by atoms with Gasteiger partial charge >= 0.3 is 5.97 Å². The van der Waals surface area contributed by atoms with E-state index >= 15 is 0 Å². The number of carboxylic acid groups (broad SMARTS) is 1. The zero-order chi connectivity index (χ0) is 24.9. The van der Waals surface area contributed by atoms with Gasteiger partial charge in [-0.2, -0.15) is 0 Å². The van der Waals surface area contributed by atoms with Gasteiger partial charge in [0.15, 0.2) is 0 Å². The Morgan fingerprint density at radius 1 is 1.18 bits per heavy atom. The number of methoxy groups -OCH3 is 2. The van der Waals surface area contributed by atoms with Crippen molar-refractivity contribution in [2.24, 2.45) is 11.8 Å². The lowest BCUT2D eigenvalue weighted by molar-refractivity contribution is -0.384. The second-order valence-corrected chi connectivity index (χ2v) is 8.44. The first-order valence-corrected chi connectivity index (χ1v) is 10.4. The molecule has 11 nitrogen and oxygen atoms in total. The van der Waals surface area contributed by atoms with Crippen molar-refractivity contribution in [3.05, 3.63) is 57.6 Å². The maximum absolute atomic E-state index is 13.6. The fraction of sp³-hybridized carbons (Fsp3) is 0.348. The summed E-state index contributed by atoms with van der Waals surface area (Å²) >= 11 is 0. The van der Waals surface area contributed by atoms with Gasteiger partial charge < -0.3 is 14.6 Å². The van der Waals surface area contributed by atoms with Gasteiger partial charge in [0.25, 0.3) is 5.69 Å². The molecule has 178 valence electrons. The highest BCUT2D eigenvalue weighted by molar-refractivity contribution is 6.24. The smallest absolute Gasteiger partial charge is 0.324 e. The Bertz CT molecular complexity index is 1230. The minimum absolute atomic E-state index is 0.0166. The number of fused-ring (bicyclic) bond motifs is 1. The van der Waals surface area contributed by atoms with Gasteiger partial charge in [-0.05, 0) is 26.0 Å². The van der Waals surface area contributed by atoms with Crippen LogP contribution in [-0.4, -0.2) is 47.6 Å². The van der Waals surface area contributed by atoms with Gasteiger partial charge in [-0.1, -0.05) is 12.1 Å². The number of hydrogen-bond donors (Lipinski definition) is 2. The predicted molar refractivity (Wildman–Crippen MR) is 119 cm³/mol. The highest BCUT2D eigenvalue weighted by atomic mass is 16.6. The topological polar surface area (TPSA) is 148 Å². The SMILES string of the molecule is COc1ccc(C2NC(C)(C(=O)O)C3C(=O)N(c4cccc([N+](=O)[O-])c4)C(=O)C23)c(OC)c1C. The minimum Gasteiger partial charge on any atom is -0.496 e. The normalized spacial score (nSPS) is 25.9. The third kappa shape index (κ3) is 3.19. The van der Waals surface area contributed by atoms with E-state index in [2.05, 4.69) is 5.32 Å². The molecule has 0 bridgehead atoms. The van der Waals surface area contributed by atoms with Gasteiger partial charge in [-0.15, -0.1) is 0 Å². The number of hydrogen-bond acceptors (Lipinski definition) is 8. The van der Waals surface area contributed by atoms with Crippen LogP contribution in [0.25, 0.3) is 0 Å². The number of nitro groups is 1. The first kappa shape index (κ1) is 23.2. The van der Waals surface area contributed by atoms with E-state index in [0.29, 0.717) is 22.6 Å². The number of rotatable bonds is 6. The number of aliphatic carboxylic acids is 1. The molecule has 0 saturated carbocycles. The summed E-state index contributed by atoms with van der Waals surface area (Å²) in [6.07, 6.45) is 0. The monoisotopic (exact) mass is 469 g/mol. The Balaban J connectivity index is 1.87. The molecule has 2 heterocycles. The maximum atomic E-state index is 13.6. The standard InChI is InChI=1S/C23H23N3O8/c1-11-15(33-3)9-8-14(19(11)34-4)18-16-17(23(2,24-18)22(29)30)21(28)25(20(16)27)12-6-5-7-13(10-12)26(31)32/h5-10,16-18,24H,1-4H3,(H,29,30). The molecule has 2 amide bonds. The fourth-order valence-corrected chi connectivity index (χ4v) is 5.03. The molecule has 4 rings (SSSR count). The number of non-ortho nitro benzene ring substituents is 1. The van der Waals surface area contributed by atoms with E-state index in [9.17, 15) is 29.6 Å². The summed E-state index contributed by atoms with van der Waals surface area (Å²) in [6.45, 7) is 3.12. The number of benzene rings is 2. The second kappa shape index (κ2) is 8.10. The number of nitrogens with one attached hydrogen (secondary N) is 1. The van der Waals surface area contributed by atoms with Crippen LogP contribution in [0.5, 0.6) is 11.5 Å². The highest BCUT2D eigenvalue weighted by Crippen LogP contribution is 2.52. The molecule has 4 atom stereocenters. The van der Waals surface area contributed by atoms with E-state index in [1.807, 2.05) is 0 Å². The molecule has 34 heavy (non-hydrogen) atoms. The first-order chi connectivity index (χ1) is 16.1. The zero-order valence-electron chi connectivity index (χ0n) is 18.9. The van der Waals surface area contributed by atoms with Crippen LogP contribution in [0.4, 0.5) is 11.4 Å². The number of imide groups is 1. The Kier molecular flexibility index (Phi) is 5.52. The number of amides is 2. The van der Waals surface area contributed by atoms with Crippen LogP contribution in [0.2, 0.25) is 0 Å². The van der Waals surface area contributed by atoms with Crippen molar-refractivity contribution in [3.8, 4) is 11.5 Å². The molecule has 2 aliphatic heterocycles. The number of anilines is 1. The molecule has 0 aliphatic carbocycles. The summed E-state index contributed by atoms with van der Waals surface area (Å²) < 4.78 is 10.9. The van der Waals surface area contributed by atoms with Crippen molar-refractivity contribution >= 4 is 29.2 Å². The molecule has 11 heteroatoms. The van der Waals surface area contributed by atoms with Crippen LogP contribution in [0.3, 0.4) is 0 Å². The fourth-order valence-electron chi connectivity index (χ4n) is 5.03. The Morgan fingerprint density at radius 3 is 2.47 bits per heavy atom. The molecule has 2 fully saturated rings. The van der Waals surface area contributed by atoms with Crippen LogP contribution < -0.4 is 19.7 Å². The number of carboxylic acids is 1. The van der Waals surface area contributed by atoms with Gasteiger partial charge in [-0.25, -0.2) is 4.90 Å². The third-order valence-corrected chi connectivity index (χ3v) is 6.68. The van der Waals surface area contributed by atoms with Gasteiger partial charge in [0.1, 0.15) is 17.0 Å². The van der Waals surface area contributed by atoms with E-state index in [0.717, 1.165) is 11.0 Å². The molecule has 2 saturated heterocycles. The van der Waals surface area contributed by atoms with Gasteiger partial charge in [0.2, 0.25) is 11.8 Å². The van der Waals surface area contributed by atoms with Gasteiger partial charge in [-0.3, -0.25) is 29.8 Å².